The van der Waals surface area contributed by atoms with Gasteiger partial charge in [-0.15, -0.1) is 0 Å². The first-order chi connectivity index (χ1) is 9.10. The number of nitrogens with two attached hydrogens (primary N) is 1. The molecule has 1 heterocycles. The van der Waals surface area contributed by atoms with E-state index in [0.717, 1.165) is 29.4 Å². The van der Waals surface area contributed by atoms with Crippen molar-refractivity contribution in [2.45, 2.75) is 32.2 Å². The lowest BCUT2D eigenvalue weighted by Crippen LogP contribution is -2.49. The molecule has 2 atom stereocenters. The molecule has 3 nitrogen and oxygen atoms in total. The standard InChI is InChI=1S/C15H21BrN2O/c1-11-5-6-18(14(7-11)10-17)15(19)9-12-3-2-4-13(16)8-12/h2-4,8,11,14H,5-7,9-10,17H2,1H3. The van der Waals surface area contributed by atoms with Gasteiger partial charge in [-0.25, -0.2) is 0 Å². The third kappa shape index (κ3) is 3.80. The molecule has 2 N–H and O–H groups in total. The van der Waals surface area contributed by atoms with Crippen LogP contribution in [0, 0.1) is 5.92 Å². The zero-order valence-electron chi connectivity index (χ0n) is 11.3. The highest BCUT2D eigenvalue weighted by atomic mass is 79.9. The van der Waals surface area contributed by atoms with Crippen LogP contribution in [0.4, 0.5) is 0 Å². The SMILES string of the molecule is CC1CCN(C(=O)Cc2cccc(Br)c2)C(CN)C1. The van der Waals surface area contributed by atoms with E-state index < -0.39 is 0 Å². The molecule has 0 bridgehead atoms. The van der Waals surface area contributed by atoms with E-state index in [9.17, 15) is 4.79 Å². The van der Waals surface area contributed by atoms with Gasteiger partial charge in [0.05, 0.1) is 6.42 Å². The van der Waals surface area contributed by atoms with Gasteiger partial charge < -0.3 is 10.6 Å². The first-order valence-electron chi connectivity index (χ1n) is 6.84. The number of nitrogens with zero attached hydrogens (tertiary/aromatic N) is 1. The summed E-state index contributed by atoms with van der Waals surface area (Å²) in [5.74, 6) is 0.865. The van der Waals surface area contributed by atoms with E-state index in [0.29, 0.717) is 18.9 Å². The monoisotopic (exact) mass is 324 g/mol. The van der Waals surface area contributed by atoms with Gasteiger partial charge >= 0.3 is 0 Å². The molecule has 1 amide bonds. The molecular weight excluding hydrogens is 304 g/mol. The Labute approximate surface area is 123 Å². The molecule has 19 heavy (non-hydrogen) atoms. The lowest BCUT2D eigenvalue weighted by atomic mass is 9.92. The fraction of sp³-hybridized carbons (Fsp3) is 0.533. The molecule has 1 aliphatic rings. The second kappa shape index (κ2) is 6.53. The highest BCUT2D eigenvalue weighted by Crippen LogP contribution is 2.23. The Hall–Kier alpha value is -0.870. The zero-order valence-corrected chi connectivity index (χ0v) is 12.9. The van der Waals surface area contributed by atoms with Crippen molar-refractivity contribution in [1.82, 2.24) is 4.90 Å². The molecule has 0 radical (unpaired) electrons. The molecule has 0 spiro atoms. The third-order valence-electron chi connectivity index (χ3n) is 3.81. The Bertz CT molecular complexity index is 450. The van der Waals surface area contributed by atoms with Gasteiger partial charge in [0.25, 0.3) is 0 Å². The van der Waals surface area contributed by atoms with E-state index in [-0.39, 0.29) is 11.9 Å². The summed E-state index contributed by atoms with van der Waals surface area (Å²) in [7, 11) is 0. The molecule has 1 aliphatic heterocycles. The number of amides is 1. The van der Waals surface area contributed by atoms with Crippen molar-refractivity contribution in [3.63, 3.8) is 0 Å². The second-order valence-electron chi connectivity index (χ2n) is 5.41. The lowest BCUT2D eigenvalue weighted by Gasteiger charge is -2.38. The molecule has 2 rings (SSSR count). The smallest absolute Gasteiger partial charge is 0.227 e. The van der Waals surface area contributed by atoms with Gasteiger partial charge in [-0.3, -0.25) is 4.79 Å². The van der Waals surface area contributed by atoms with Crippen LogP contribution in [0.15, 0.2) is 28.7 Å². The Morgan fingerprint density at radius 3 is 3.00 bits per heavy atom. The Morgan fingerprint density at radius 2 is 2.32 bits per heavy atom. The number of hydrogen-bond donors (Lipinski definition) is 1. The number of halogens is 1. The van der Waals surface area contributed by atoms with E-state index in [2.05, 4.69) is 22.9 Å². The Balaban J connectivity index is 2.02. The molecule has 0 aliphatic carbocycles. The fourth-order valence-corrected chi connectivity index (χ4v) is 3.17. The van der Waals surface area contributed by atoms with Crippen molar-refractivity contribution in [3.05, 3.63) is 34.3 Å². The maximum Gasteiger partial charge on any atom is 0.227 e. The number of rotatable bonds is 3. The van der Waals surface area contributed by atoms with Crippen molar-refractivity contribution in [1.29, 1.82) is 0 Å². The molecule has 2 unspecified atom stereocenters. The molecule has 1 fully saturated rings. The van der Waals surface area contributed by atoms with Crippen LogP contribution in [-0.4, -0.2) is 29.9 Å². The summed E-state index contributed by atoms with van der Waals surface area (Å²) < 4.78 is 1.01. The van der Waals surface area contributed by atoms with Crippen LogP contribution >= 0.6 is 15.9 Å². The van der Waals surface area contributed by atoms with Crippen LogP contribution in [0.3, 0.4) is 0 Å². The van der Waals surface area contributed by atoms with E-state index >= 15 is 0 Å². The molecule has 1 aromatic rings. The topological polar surface area (TPSA) is 46.3 Å². The van der Waals surface area contributed by atoms with Gasteiger partial charge in [-0.2, -0.15) is 0 Å². The van der Waals surface area contributed by atoms with Gasteiger partial charge in [-0.05, 0) is 36.5 Å². The molecule has 1 aromatic carbocycles. The van der Waals surface area contributed by atoms with E-state index in [1.54, 1.807) is 0 Å². The van der Waals surface area contributed by atoms with Crippen LogP contribution < -0.4 is 5.73 Å². The van der Waals surface area contributed by atoms with Gasteiger partial charge in [0, 0.05) is 23.6 Å². The van der Waals surface area contributed by atoms with Crippen LogP contribution in [0.1, 0.15) is 25.3 Å². The third-order valence-corrected chi connectivity index (χ3v) is 4.31. The predicted molar refractivity (Wildman–Crippen MR) is 80.8 cm³/mol. The number of piperidine rings is 1. The normalized spacial score (nSPS) is 23.4. The molecule has 0 aromatic heterocycles. The molecule has 4 heteroatoms. The number of carbonyl (C=O) groups excluding carboxylic acids is 1. The van der Waals surface area contributed by atoms with Crippen LogP contribution in [0.2, 0.25) is 0 Å². The molecule has 1 saturated heterocycles. The lowest BCUT2D eigenvalue weighted by molar-refractivity contribution is -0.134. The number of likely N-dealkylation sites (tertiary alicyclic amines) is 1. The summed E-state index contributed by atoms with van der Waals surface area (Å²) in [6, 6.07) is 8.14. The molecule has 104 valence electrons. The van der Waals surface area contributed by atoms with Crippen molar-refractivity contribution in [2.24, 2.45) is 11.7 Å². The van der Waals surface area contributed by atoms with Gasteiger partial charge in [0.2, 0.25) is 5.91 Å². The van der Waals surface area contributed by atoms with Crippen LogP contribution in [-0.2, 0) is 11.2 Å². The number of carbonyl (C=O) groups is 1. The fourth-order valence-electron chi connectivity index (χ4n) is 2.73. The molecular formula is C15H21BrN2O. The van der Waals surface area contributed by atoms with Crippen molar-refractivity contribution < 1.29 is 4.79 Å². The maximum atomic E-state index is 12.4. The van der Waals surface area contributed by atoms with Gasteiger partial charge in [-0.1, -0.05) is 35.0 Å². The maximum absolute atomic E-state index is 12.4. The van der Waals surface area contributed by atoms with Gasteiger partial charge in [0.15, 0.2) is 0 Å². The summed E-state index contributed by atoms with van der Waals surface area (Å²) in [5, 5.41) is 0. The average molecular weight is 325 g/mol. The summed E-state index contributed by atoms with van der Waals surface area (Å²) >= 11 is 3.44. The van der Waals surface area contributed by atoms with E-state index in [4.69, 9.17) is 5.73 Å². The minimum absolute atomic E-state index is 0.195. The average Bonchev–Trinajstić information content (AvgIpc) is 2.38. The number of hydrogen-bond acceptors (Lipinski definition) is 2. The van der Waals surface area contributed by atoms with E-state index in [1.807, 2.05) is 29.2 Å². The Kier molecular flexibility index (Phi) is 4.99. The summed E-state index contributed by atoms with van der Waals surface area (Å²) in [6.07, 6.45) is 2.58. The van der Waals surface area contributed by atoms with Crippen LogP contribution in [0.25, 0.3) is 0 Å². The highest BCUT2D eigenvalue weighted by molar-refractivity contribution is 9.10. The minimum Gasteiger partial charge on any atom is -0.338 e. The minimum atomic E-state index is 0.195. The highest BCUT2D eigenvalue weighted by Gasteiger charge is 2.28. The summed E-state index contributed by atoms with van der Waals surface area (Å²) in [5.41, 5.74) is 6.86. The zero-order chi connectivity index (χ0) is 13.8. The first kappa shape index (κ1) is 14.5. The summed E-state index contributed by atoms with van der Waals surface area (Å²) in [6.45, 7) is 3.64. The predicted octanol–water partition coefficient (Wildman–Crippen LogP) is 2.58. The first-order valence-corrected chi connectivity index (χ1v) is 7.63. The molecule has 0 saturated carbocycles. The number of benzene rings is 1. The van der Waals surface area contributed by atoms with Crippen LogP contribution in [0.5, 0.6) is 0 Å². The van der Waals surface area contributed by atoms with Crippen molar-refractivity contribution >= 4 is 21.8 Å². The largest absolute Gasteiger partial charge is 0.338 e. The quantitative estimate of drug-likeness (QED) is 0.928. The van der Waals surface area contributed by atoms with E-state index in [1.165, 1.54) is 0 Å². The summed E-state index contributed by atoms with van der Waals surface area (Å²) in [4.78, 5) is 14.4. The van der Waals surface area contributed by atoms with Gasteiger partial charge in [0.1, 0.15) is 0 Å². The van der Waals surface area contributed by atoms with Crippen molar-refractivity contribution in [2.75, 3.05) is 13.1 Å². The van der Waals surface area contributed by atoms with Crippen molar-refractivity contribution in [3.8, 4) is 0 Å². The Morgan fingerprint density at radius 1 is 1.53 bits per heavy atom. The second-order valence-corrected chi connectivity index (χ2v) is 6.33.